The Morgan fingerprint density at radius 2 is 1.75 bits per heavy atom. The van der Waals surface area contributed by atoms with Gasteiger partial charge in [-0.3, -0.25) is 23.1 Å². The van der Waals surface area contributed by atoms with E-state index in [0.717, 1.165) is 22.4 Å². The highest BCUT2D eigenvalue weighted by molar-refractivity contribution is 5.76. The Balaban J connectivity index is 1.83. The first-order valence-electron chi connectivity index (χ1n) is 10.7. The number of aromatic nitrogens is 5. The van der Waals surface area contributed by atoms with E-state index < -0.39 is 17.2 Å². The minimum atomic E-state index is -0.502. The van der Waals surface area contributed by atoms with Gasteiger partial charge in [-0.1, -0.05) is 30.3 Å². The van der Waals surface area contributed by atoms with E-state index in [1.165, 1.54) is 10.1 Å². The SMILES string of the molecule is CCOC(=O)CCn1c(=O)c2c(nc3n(CCc4ccccc4)c(C)c(C)n23)n(C)c1=O. The third kappa shape index (κ3) is 3.53. The van der Waals surface area contributed by atoms with Crippen molar-refractivity contribution in [2.45, 2.75) is 46.7 Å². The van der Waals surface area contributed by atoms with Crippen molar-refractivity contribution in [3.8, 4) is 0 Å². The molecule has 0 radical (unpaired) electrons. The number of aryl methyl sites for hydroxylation is 4. The summed E-state index contributed by atoms with van der Waals surface area (Å²) in [5.41, 5.74) is 2.83. The summed E-state index contributed by atoms with van der Waals surface area (Å²) in [6, 6.07) is 10.2. The molecule has 0 spiro atoms. The maximum atomic E-state index is 13.3. The lowest BCUT2D eigenvalue weighted by atomic mass is 10.1. The largest absolute Gasteiger partial charge is 0.466 e. The van der Waals surface area contributed by atoms with Crippen LogP contribution in [0, 0.1) is 13.8 Å². The molecule has 0 atom stereocenters. The highest BCUT2D eigenvalue weighted by Crippen LogP contribution is 2.21. The Morgan fingerprint density at radius 1 is 1.03 bits per heavy atom. The van der Waals surface area contributed by atoms with Gasteiger partial charge in [0.15, 0.2) is 11.2 Å². The molecule has 9 nitrogen and oxygen atoms in total. The molecular weight excluding hydrogens is 410 g/mol. The number of carbonyl (C=O) groups excluding carboxylic acids is 1. The van der Waals surface area contributed by atoms with E-state index in [-0.39, 0.29) is 19.6 Å². The minimum Gasteiger partial charge on any atom is -0.466 e. The molecule has 32 heavy (non-hydrogen) atoms. The fraction of sp³-hybridized carbons (Fsp3) is 0.391. The van der Waals surface area contributed by atoms with Crippen LogP contribution in [0.2, 0.25) is 0 Å². The smallest absolute Gasteiger partial charge is 0.332 e. The number of benzene rings is 1. The highest BCUT2D eigenvalue weighted by Gasteiger charge is 2.22. The molecule has 1 aromatic carbocycles. The van der Waals surface area contributed by atoms with Crippen molar-refractivity contribution in [1.82, 2.24) is 23.1 Å². The number of imidazole rings is 2. The van der Waals surface area contributed by atoms with Gasteiger partial charge >= 0.3 is 11.7 Å². The summed E-state index contributed by atoms with van der Waals surface area (Å²) in [6.45, 7) is 6.56. The summed E-state index contributed by atoms with van der Waals surface area (Å²) >= 11 is 0. The average molecular weight is 438 g/mol. The number of ether oxygens (including phenoxy) is 1. The quantitative estimate of drug-likeness (QED) is 0.412. The van der Waals surface area contributed by atoms with E-state index >= 15 is 0 Å². The van der Waals surface area contributed by atoms with Gasteiger partial charge in [0.1, 0.15) is 0 Å². The monoisotopic (exact) mass is 437 g/mol. The van der Waals surface area contributed by atoms with Crippen LogP contribution in [0.5, 0.6) is 0 Å². The van der Waals surface area contributed by atoms with Crippen molar-refractivity contribution in [2.24, 2.45) is 7.05 Å². The van der Waals surface area contributed by atoms with E-state index in [1.54, 1.807) is 14.0 Å². The summed E-state index contributed by atoms with van der Waals surface area (Å²) in [5, 5.41) is 0. The second kappa shape index (κ2) is 8.49. The molecule has 168 valence electrons. The Labute approximate surface area is 184 Å². The Kier molecular flexibility index (Phi) is 5.73. The van der Waals surface area contributed by atoms with Crippen molar-refractivity contribution < 1.29 is 9.53 Å². The van der Waals surface area contributed by atoms with Crippen molar-refractivity contribution in [3.05, 3.63) is 68.1 Å². The molecule has 0 saturated heterocycles. The summed E-state index contributed by atoms with van der Waals surface area (Å²) in [5.74, 6) is 0.181. The maximum Gasteiger partial charge on any atom is 0.332 e. The van der Waals surface area contributed by atoms with E-state index in [0.29, 0.717) is 23.5 Å². The van der Waals surface area contributed by atoms with Gasteiger partial charge in [-0.15, -0.1) is 0 Å². The first kappa shape index (κ1) is 21.6. The third-order valence-electron chi connectivity index (χ3n) is 5.94. The third-order valence-corrected chi connectivity index (χ3v) is 5.94. The lowest BCUT2D eigenvalue weighted by Crippen LogP contribution is -2.40. The van der Waals surface area contributed by atoms with E-state index in [2.05, 4.69) is 21.7 Å². The molecule has 4 rings (SSSR count). The van der Waals surface area contributed by atoms with Gasteiger partial charge < -0.3 is 9.30 Å². The van der Waals surface area contributed by atoms with Gasteiger partial charge in [0.05, 0.1) is 13.0 Å². The zero-order valence-electron chi connectivity index (χ0n) is 18.8. The van der Waals surface area contributed by atoms with Gasteiger partial charge in [0.25, 0.3) is 5.56 Å². The summed E-state index contributed by atoms with van der Waals surface area (Å²) in [6.07, 6.45) is 0.768. The molecule has 0 N–H and O–H groups in total. The Morgan fingerprint density at radius 3 is 2.44 bits per heavy atom. The predicted octanol–water partition coefficient (Wildman–Crippen LogP) is 1.96. The molecule has 0 bridgehead atoms. The first-order chi connectivity index (χ1) is 15.3. The Bertz CT molecular complexity index is 1420. The van der Waals surface area contributed by atoms with Crippen LogP contribution in [0.3, 0.4) is 0 Å². The molecule has 0 amide bonds. The number of fused-ring (bicyclic) bond motifs is 3. The zero-order chi connectivity index (χ0) is 23.0. The summed E-state index contributed by atoms with van der Waals surface area (Å²) < 4.78 is 11.3. The van der Waals surface area contributed by atoms with Gasteiger partial charge in [-0.2, -0.15) is 4.98 Å². The molecule has 0 saturated carbocycles. The van der Waals surface area contributed by atoms with Crippen LogP contribution in [0.1, 0.15) is 30.3 Å². The maximum absolute atomic E-state index is 13.3. The van der Waals surface area contributed by atoms with E-state index in [1.807, 2.05) is 36.4 Å². The van der Waals surface area contributed by atoms with Crippen LogP contribution < -0.4 is 11.2 Å². The molecule has 0 aliphatic rings. The van der Waals surface area contributed by atoms with Crippen LogP contribution in [-0.2, 0) is 36.1 Å². The number of esters is 1. The predicted molar refractivity (Wildman–Crippen MR) is 121 cm³/mol. The molecule has 3 aromatic heterocycles. The van der Waals surface area contributed by atoms with Crippen LogP contribution in [0.25, 0.3) is 16.9 Å². The fourth-order valence-electron chi connectivity index (χ4n) is 4.10. The minimum absolute atomic E-state index is 0.0414. The van der Waals surface area contributed by atoms with E-state index in [9.17, 15) is 14.4 Å². The molecule has 4 aromatic rings. The number of hydrogen-bond donors (Lipinski definition) is 0. The number of hydrogen-bond acceptors (Lipinski definition) is 5. The van der Waals surface area contributed by atoms with Gasteiger partial charge in [-0.05, 0) is 32.8 Å². The summed E-state index contributed by atoms with van der Waals surface area (Å²) in [7, 11) is 1.59. The second-order valence-electron chi connectivity index (χ2n) is 7.83. The summed E-state index contributed by atoms with van der Waals surface area (Å²) in [4.78, 5) is 42.6. The lowest BCUT2D eigenvalue weighted by molar-refractivity contribution is -0.143. The number of nitrogens with zero attached hydrogens (tertiary/aromatic N) is 5. The van der Waals surface area contributed by atoms with Crippen molar-refractivity contribution in [1.29, 1.82) is 0 Å². The van der Waals surface area contributed by atoms with Gasteiger partial charge in [-0.25, -0.2) is 4.79 Å². The number of rotatable bonds is 7. The van der Waals surface area contributed by atoms with Crippen LogP contribution >= 0.6 is 0 Å². The average Bonchev–Trinajstić information content (AvgIpc) is 3.28. The molecule has 0 aliphatic heterocycles. The molecule has 0 unspecified atom stereocenters. The van der Waals surface area contributed by atoms with Crippen LogP contribution in [-0.4, -0.2) is 35.7 Å². The van der Waals surface area contributed by atoms with Crippen molar-refractivity contribution in [3.63, 3.8) is 0 Å². The molecular formula is C23H27N5O4. The highest BCUT2D eigenvalue weighted by atomic mass is 16.5. The van der Waals surface area contributed by atoms with Gasteiger partial charge in [0.2, 0.25) is 5.78 Å². The zero-order valence-corrected chi connectivity index (χ0v) is 18.8. The molecule has 0 fully saturated rings. The molecule has 0 aliphatic carbocycles. The molecule has 9 heteroatoms. The van der Waals surface area contributed by atoms with E-state index in [4.69, 9.17) is 4.74 Å². The first-order valence-corrected chi connectivity index (χ1v) is 10.7. The van der Waals surface area contributed by atoms with Gasteiger partial charge in [0, 0.05) is 31.5 Å². The molecule has 3 heterocycles. The van der Waals surface area contributed by atoms with Crippen molar-refractivity contribution >= 4 is 22.9 Å². The normalized spacial score (nSPS) is 11.5. The Hall–Kier alpha value is -3.62. The topological polar surface area (TPSA) is 92.5 Å². The lowest BCUT2D eigenvalue weighted by Gasteiger charge is -2.08. The van der Waals surface area contributed by atoms with Crippen LogP contribution in [0.4, 0.5) is 0 Å². The fourth-order valence-corrected chi connectivity index (χ4v) is 4.10. The number of carbonyl (C=O) groups is 1. The standard InChI is InChI=1S/C23H27N5O4/c1-5-32-18(29)12-14-27-21(30)19-20(25(4)23(27)31)24-22-26(15(2)16(3)28(19)22)13-11-17-9-7-6-8-10-17/h6-10H,5,11-14H2,1-4H3. The van der Waals surface area contributed by atoms with Crippen LogP contribution in [0.15, 0.2) is 39.9 Å². The second-order valence-corrected chi connectivity index (χ2v) is 7.83. The van der Waals surface area contributed by atoms with Crippen molar-refractivity contribution in [2.75, 3.05) is 6.61 Å².